The summed E-state index contributed by atoms with van der Waals surface area (Å²) in [6.45, 7) is 2.08. The van der Waals surface area contributed by atoms with Gasteiger partial charge < -0.3 is 0 Å². The lowest BCUT2D eigenvalue weighted by Gasteiger charge is -2.08. The maximum atomic E-state index is 11.6. The highest BCUT2D eigenvalue weighted by Gasteiger charge is 2.13. The largest absolute Gasteiger partial charge is 0.224 e. The first-order valence-corrected chi connectivity index (χ1v) is 7.17. The molecule has 0 aliphatic rings. The Morgan fingerprint density at radius 2 is 2.06 bits per heavy atom. The van der Waals surface area contributed by atoms with Crippen molar-refractivity contribution in [3.05, 3.63) is 29.3 Å². The van der Waals surface area contributed by atoms with Gasteiger partial charge in [-0.05, 0) is 30.5 Å². The van der Waals surface area contributed by atoms with Gasteiger partial charge in [-0.25, -0.2) is 8.42 Å². The lowest BCUT2D eigenvalue weighted by atomic mass is 10.1. The fraction of sp³-hybridized carbons (Fsp3) is 0.385. The summed E-state index contributed by atoms with van der Waals surface area (Å²) in [4.78, 5) is 0.372. The van der Waals surface area contributed by atoms with Gasteiger partial charge in [0, 0.05) is 11.8 Å². The second-order valence-corrected chi connectivity index (χ2v) is 5.83. The molecule has 1 rings (SSSR count). The molecule has 0 radical (unpaired) electrons. The van der Waals surface area contributed by atoms with Gasteiger partial charge in [0.05, 0.1) is 4.90 Å². The molecule has 0 aromatic heterocycles. The van der Waals surface area contributed by atoms with Crippen molar-refractivity contribution in [1.82, 2.24) is 0 Å². The number of benzene rings is 1. The van der Waals surface area contributed by atoms with Crippen LogP contribution in [-0.2, 0) is 16.3 Å². The number of aryl methyl sites for hydroxylation is 1. The molecule has 3 heteroatoms. The number of sulfone groups is 1. The minimum atomic E-state index is -3.19. The van der Waals surface area contributed by atoms with E-state index in [0.29, 0.717) is 10.5 Å². The fourth-order valence-electron chi connectivity index (χ4n) is 1.56. The van der Waals surface area contributed by atoms with E-state index in [2.05, 4.69) is 12.8 Å². The number of unbranched alkanes of at least 4 members (excludes halogenated alkanes) is 1. The highest BCUT2D eigenvalue weighted by Crippen LogP contribution is 2.19. The van der Waals surface area contributed by atoms with Gasteiger partial charge in [-0.15, -0.1) is 6.42 Å². The Labute approximate surface area is 97.6 Å². The summed E-state index contributed by atoms with van der Waals surface area (Å²) in [6.07, 6.45) is 9.29. The van der Waals surface area contributed by atoms with Crippen molar-refractivity contribution >= 4 is 9.84 Å². The van der Waals surface area contributed by atoms with Crippen LogP contribution in [0.2, 0.25) is 0 Å². The van der Waals surface area contributed by atoms with E-state index in [1.807, 2.05) is 6.07 Å². The summed E-state index contributed by atoms with van der Waals surface area (Å²) in [5, 5.41) is 0. The molecule has 16 heavy (non-hydrogen) atoms. The van der Waals surface area contributed by atoms with Crippen LogP contribution in [0.1, 0.15) is 30.9 Å². The average molecular weight is 236 g/mol. The van der Waals surface area contributed by atoms with Gasteiger partial charge in [-0.2, -0.15) is 0 Å². The van der Waals surface area contributed by atoms with E-state index < -0.39 is 9.84 Å². The van der Waals surface area contributed by atoms with E-state index in [1.165, 1.54) is 6.26 Å². The molecule has 2 nitrogen and oxygen atoms in total. The molecule has 0 N–H and O–H groups in total. The molecule has 0 aliphatic carbocycles. The van der Waals surface area contributed by atoms with Crippen molar-refractivity contribution in [2.24, 2.45) is 0 Å². The van der Waals surface area contributed by atoms with Crippen molar-refractivity contribution in [2.75, 3.05) is 6.26 Å². The summed E-state index contributed by atoms with van der Waals surface area (Å²) in [7, 11) is -3.19. The lowest BCUT2D eigenvalue weighted by Crippen LogP contribution is -2.03. The average Bonchev–Trinajstić information content (AvgIpc) is 2.25. The van der Waals surface area contributed by atoms with Crippen molar-refractivity contribution < 1.29 is 8.42 Å². The SMILES string of the molecule is C#Cc1ccc(CCCC)c(S(C)(=O)=O)c1. The van der Waals surface area contributed by atoms with E-state index in [1.54, 1.807) is 12.1 Å². The maximum Gasteiger partial charge on any atom is 0.175 e. The monoisotopic (exact) mass is 236 g/mol. The molecule has 0 unspecified atom stereocenters. The molecule has 0 saturated carbocycles. The first-order valence-electron chi connectivity index (χ1n) is 5.28. The molecule has 0 atom stereocenters. The Kier molecular flexibility index (Phi) is 4.14. The van der Waals surface area contributed by atoms with Crippen LogP contribution in [0.5, 0.6) is 0 Å². The quantitative estimate of drug-likeness (QED) is 0.752. The standard InChI is InChI=1S/C13H16O2S/c1-4-6-7-12-9-8-11(5-2)10-13(12)16(3,14)15/h2,8-10H,4,6-7H2,1,3H3. The van der Waals surface area contributed by atoms with Crippen LogP contribution in [-0.4, -0.2) is 14.7 Å². The van der Waals surface area contributed by atoms with Crippen LogP contribution in [0.25, 0.3) is 0 Å². The Bertz CT molecular complexity index is 507. The zero-order valence-electron chi connectivity index (χ0n) is 9.66. The van der Waals surface area contributed by atoms with E-state index in [4.69, 9.17) is 6.42 Å². The Balaban J connectivity index is 3.24. The fourth-order valence-corrected chi connectivity index (χ4v) is 2.55. The lowest BCUT2D eigenvalue weighted by molar-refractivity contribution is 0.600. The highest BCUT2D eigenvalue weighted by atomic mass is 32.2. The zero-order valence-corrected chi connectivity index (χ0v) is 10.5. The van der Waals surface area contributed by atoms with E-state index in [9.17, 15) is 8.42 Å². The van der Waals surface area contributed by atoms with Gasteiger partial charge >= 0.3 is 0 Å². The molecule has 0 bridgehead atoms. The van der Waals surface area contributed by atoms with Crippen LogP contribution in [0.3, 0.4) is 0 Å². The molecule has 1 aromatic rings. The first-order chi connectivity index (χ1) is 7.49. The third-order valence-corrected chi connectivity index (χ3v) is 3.61. The van der Waals surface area contributed by atoms with E-state index in [-0.39, 0.29) is 0 Å². The predicted molar refractivity (Wildman–Crippen MR) is 66.1 cm³/mol. The number of rotatable bonds is 4. The van der Waals surface area contributed by atoms with Crippen molar-refractivity contribution in [2.45, 2.75) is 31.1 Å². The van der Waals surface area contributed by atoms with Crippen molar-refractivity contribution in [1.29, 1.82) is 0 Å². The molecule has 0 fully saturated rings. The predicted octanol–water partition coefficient (Wildman–Crippen LogP) is 2.41. The second kappa shape index (κ2) is 5.18. The highest BCUT2D eigenvalue weighted by molar-refractivity contribution is 7.90. The minimum Gasteiger partial charge on any atom is -0.224 e. The van der Waals surface area contributed by atoms with Crippen LogP contribution >= 0.6 is 0 Å². The number of hydrogen-bond donors (Lipinski definition) is 0. The van der Waals surface area contributed by atoms with Crippen LogP contribution in [0.4, 0.5) is 0 Å². The first kappa shape index (κ1) is 12.8. The van der Waals surface area contributed by atoms with Gasteiger partial charge in [0.2, 0.25) is 0 Å². The van der Waals surface area contributed by atoms with Crippen molar-refractivity contribution in [3.63, 3.8) is 0 Å². The smallest absolute Gasteiger partial charge is 0.175 e. The second-order valence-electron chi connectivity index (χ2n) is 3.84. The Morgan fingerprint density at radius 1 is 1.38 bits per heavy atom. The molecular formula is C13H16O2S. The summed E-state index contributed by atoms with van der Waals surface area (Å²) in [6, 6.07) is 5.20. The van der Waals surface area contributed by atoms with E-state index >= 15 is 0 Å². The van der Waals surface area contributed by atoms with Crippen LogP contribution in [0.15, 0.2) is 23.1 Å². The van der Waals surface area contributed by atoms with Crippen LogP contribution < -0.4 is 0 Å². The molecular weight excluding hydrogens is 220 g/mol. The number of terminal acetylenes is 1. The Morgan fingerprint density at radius 3 is 2.56 bits per heavy atom. The van der Waals surface area contributed by atoms with Crippen LogP contribution in [0, 0.1) is 12.3 Å². The molecule has 86 valence electrons. The summed E-state index contributed by atoms with van der Waals surface area (Å²) in [5.41, 5.74) is 1.48. The maximum absolute atomic E-state index is 11.6. The normalized spacial score (nSPS) is 11.1. The van der Waals surface area contributed by atoms with Gasteiger partial charge in [0.25, 0.3) is 0 Å². The molecule has 0 amide bonds. The van der Waals surface area contributed by atoms with Gasteiger partial charge in [-0.1, -0.05) is 25.3 Å². The van der Waals surface area contributed by atoms with Gasteiger partial charge in [0.1, 0.15) is 0 Å². The molecule has 0 spiro atoms. The molecule has 0 saturated heterocycles. The summed E-state index contributed by atoms with van der Waals surface area (Å²) in [5.74, 6) is 2.46. The third kappa shape index (κ3) is 3.11. The van der Waals surface area contributed by atoms with Gasteiger partial charge in [0.15, 0.2) is 9.84 Å². The van der Waals surface area contributed by atoms with Gasteiger partial charge in [-0.3, -0.25) is 0 Å². The topological polar surface area (TPSA) is 34.1 Å². The van der Waals surface area contributed by atoms with E-state index in [0.717, 1.165) is 24.8 Å². The number of hydrogen-bond acceptors (Lipinski definition) is 2. The zero-order chi connectivity index (χ0) is 12.2. The molecule has 0 heterocycles. The Hall–Kier alpha value is -1.27. The summed E-state index contributed by atoms with van der Waals surface area (Å²) < 4.78 is 23.2. The molecule has 0 aliphatic heterocycles. The summed E-state index contributed by atoms with van der Waals surface area (Å²) >= 11 is 0. The van der Waals surface area contributed by atoms with Crippen molar-refractivity contribution in [3.8, 4) is 12.3 Å². The minimum absolute atomic E-state index is 0.372. The third-order valence-electron chi connectivity index (χ3n) is 2.43. The molecule has 1 aromatic carbocycles.